The van der Waals surface area contributed by atoms with Crippen LogP contribution in [0, 0.1) is 0 Å². The van der Waals surface area contributed by atoms with Crippen LogP contribution in [-0.2, 0) is 9.59 Å². The van der Waals surface area contributed by atoms with Gasteiger partial charge in [0.05, 0.1) is 18.1 Å². The molecule has 1 N–H and O–H groups in total. The summed E-state index contributed by atoms with van der Waals surface area (Å²) in [6.45, 7) is 5.25. The van der Waals surface area contributed by atoms with Gasteiger partial charge in [-0.3, -0.25) is 14.5 Å². The number of nitrogens with zero attached hydrogens (tertiary/aromatic N) is 3. The number of carbonyl (C=O) groups excluding carboxylic acids is 2. The number of rotatable bonds is 2. The number of hydrogen-bond donors (Lipinski definition) is 1. The third kappa shape index (κ3) is 1.94. The monoisotopic (exact) mass is 248 g/mol. The van der Waals surface area contributed by atoms with Gasteiger partial charge < -0.3 is 5.32 Å². The van der Waals surface area contributed by atoms with E-state index in [4.69, 9.17) is 0 Å². The van der Waals surface area contributed by atoms with E-state index in [1.54, 1.807) is 26.2 Å². The maximum absolute atomic E-state index is 12.4. The Bertz CT molecular complexity index is 472. The Balaban J connectivity index is 2.46. The number of anilines is 1. The van der Waals surface area contributed by atoms with Gasteiger partial charge in [0.1, 0.15) is 17.9 Å². The van der Waals surface area contributed by atoms with Crippen LogP contribution in [0.2, 0.25) is 0 Å². The van der Waals surface area contributed by atoms with Crippen LogP contribution in [0.1, 0.15) is 27.2 Å². The van der Waals surface area contributed by atoms with Crippen LogP contribution in [0.25, 0.3) is 0 Å². The fraction of sp³-hybridized carbons (Fsp3) is 0.500. The Morgan fingerprint density at radius 2 is 1.94 bits per heavy atom. The zero-order chi connectivity index (χ0) is 13.3. The molecule has 1 aromatic rings. The molecule has 96 valence electrons. The van der Waals surface area contributed by atoms with Crippen molar-refractivity contribution in [1.82, 2.24) is 15.3 Å². The smallest absolute Gasteiger partial charge is 0.252 e. The Morgan fingerprint density at radius 3 is 2.50 bits per heavy atom. The normalized spacial score (nSPS) is 22.8. The van der Waals surface area contributed by atoms with Crippen molar-refractivity contribution in [3.05, 3.63) is 18.7 Å². The van der Waals surface area contributed by atoms with Crippen molar-refractivity contribution in [2.45, 2.75) is 38.8 Å². The predicted octanol–water partition coefficient (Wildman–Crippen LogP) is 0.497. The van der Waals surface area contributed by atoms with E-state index in [1.165, 1.54) is 11.2 Å². The molecule has 2 rings (SSSR count). The molecule has 6 heteroatoms. The highest BCUT2D eigenvalue weighted by Gasteiger charge is 2.45. The number of amides is 2. The summed E-state index contributed by atoms with van der Waals surface area (Å²) in [5.74, 6) is -0.297. The van der Waals surface area contributed by atoms with Crippen LogP contribution < -0.4 is 10.2 Å². The number of carbonyl (C=O) groups is 2. The summed E-state index contributed by atoms with van der Waals surface area (Å²) in [7, 11) is 0. The molecule has 0 saturated carbocycles. The molecule has 0 bridgehead atoms. The average Bonchev–Trinajstić information content (AvgIpc) is 2.34. The van der Waals surface area contributed by atoms with Gasteiger partial charge in [-0.2, -0.15) is 0 Å². The Kier molecular flexibility index (Phi) is 3.02. The molecule has 1 atom stereocenters. The minimum Gasteiger partial charge on any atom is -0.340 e. The fourth-order valence-corrected chi connectivity index (χ4v) is 2.09. The lowest BCUT2D eigenvalue weighted by atomic mass is 9.95. The predicted molar refractivity (Wildman–Crippen MR) is 65.8 cm³/mol. The summed E-state index contributed by atoms with van der Waals surface area (Å²) in [6, 6.07) is -0.503. The van der Waals surface area contributed by atoms with Gasteiger partial charge in [0.2, 0.25) is 5.91 Å². The van der Waals surface area contributed by atoms with Gasteiger partial charge in [0.25, 0.3) is 5.91 Å². The third-order valence-electron chi connectivity index (χ3n) is 3.02. The number of piperazine rings is 1. The van der Waals surface area contributed by atoms with Crippen molar-refractivity contribution in [2.24, 2.45) is 0 Å². The Morgan fingerprint density at radius 1 is 1.33 bits per heavy atom. The number of nitrogens with one attached hydrogen (secondary N) is 1. The first-order valence-corrected chi connectivity index (χ1v) is 5.88. The van der Waals surface area contributed by atoms with Gasteiger partial charge in [-0.1, -0.05) is 6.92 Å². The first-order valence-electron chi connectivity index (χ1n) is 5.88. The highest BCUT2D eigenvalue weighted by Crippen LogP contribution is 2.25. The van der Waals surface area contributed by atoms with Gasteiger partial charge in [-0.25, -0.2) is 9.97 Å². The van der Waals surface area contributed by atoms with Gasteiger partial charge >= 0.3 is 0 Å². The Hall–Kier alpha value is -1.98. The first-order chi connectivity index (χ1) is 8.47. The molecule has 1 unspecified atom stereocenters. The molecule has 18 heavy (non-hydrogen) atoms. The summed E-state index contributed by atoms with van der Waals surface area (Å²) < 4.78 is 0. The lowest BCUT2D eigenvalue weighted by molar-refractivity contribution is -0.137. The molecule has 6 nitrogen and oxygen atoms in total. The van der Waals surface area contributed by atoms with Crippen LogP contribution in [-0.4, -0.2) is 33.4 Å². The van der Waals surface area contributed by atoms with Crippen molar-refractivity contribution in [3.63, 3.8) is 0 Å². The summed E-state index contributed by atoms with van der Waals surface area (Å²) in [4.78, 5) is 33.7. The van der Waals surface area contributed by atoms with Crippen LogP contribution in [0.5, 0.6) is 0 Å². The van der Waals surface area contributed by atoms with Crippen LogP contribution in [0.15, 0.2) is 18.7 Å². The third-order valence-corrected chi connectivity index (χ3v) is 3.02. The van der Waals surface area contributed by atoms with Crippen molar-refractivity contribution < 1.29 is 9.59 Å². The molecule has 1 fully saturated rings. The van der Waals surface area contributed by atoms with Crippen LogP contribution in [0.3, 0.4) is 0 Å². The lowest BCUT2D eigenvalue weighted by Crippen LogP contribution is -2.68. The molecule has 1 aromatic heterocycles. The number of hydrogen-bond acceptors (Lipinski definition) is 4. The lowest BCUT2D eigenvalue weighted by Gasteiger charge is -2.42. The van der Waals surface area contributed by atoms with E-state index in [9.17, 15) is 9.59 Å². The van der Waals surface area contributed by atoms with E-state index in [2.05, 4.69) is 15.3 Å². The number of aromatic nitrogens is 2. The second kappa shape index (κ2) is 4.36. The standard InChI is InChI=1S/C12H16N4O2/c1-4-9-10(17)15-12(2,3)11(18)16(9)8-5-13-7-14-6-8/h5-7,9H,4H2,1-3H3,(H,15,17). The van der Waals surface area contributed by atoms with Gasteiger partial charge in [-0.05, 0) is 20.3 Å². The molecular formula is C12H16N4O2. The largest absolute Gasteiger partial charge is 0.340 e. The van der Waals surface area contributed by atoms with Crippen molar-refractivity contribution in [3.8, 4) is 0 Å². The second-order valence-corrected chi connectivity index (χ2v) is 4.81. The Labute approximate surface area is 105 Å². The SMILES string of the molecule is CCC1C(=O)NC(C)(C)C(=O)N1c1cncnc1. The van der Waals surface area contributed by atoms with E-state index >= 15 is 0 Å². The van der Waals surface area contributed by atoms with Gasteiger partial charge in [0.15, 0.2) is 0 Å². The highest BCUT2D eigenvalue weighted by atomic mass is 16.2. The van der Waals surface area contributed by atoms with Crippen LogP contribution >= 0.6 is 0 Å². The highest BCUT2D eigenvalue weighted by molar-refractivity contribution is 6.10. The second-order valence-electron chi connectivity index (χ2n) is 4.81. The van der Waals surface area contributed by atoms with Gasteiger partial charge in [0, 0.05) is 0 Å². The minimum absolute atomic E-state index is 0.147. The maximum Gasteiger partial charge on any atom is 0.252 e. The minimum atomic E-state index is -0.904. The van der Waals surface area contributed by atoms with Crippen molar-refractivity contribution in [2.75, 3.05) is 4.90 Å². The van der Waals surface area contributed by atoms with Gasteiger partial charge in [-0.15, -0.1) is 0 Å². The molecular weight excluding hydrogens is 232 g/mol. The summed E-state index contributed by atoms with van der Waals surface area (Å²) >= 11 is 0. The molecule has 0 aliphatic carbocycles. The molecule has 0 aromatic carbocycles. The van der Waals surface area contributed by atoms with E-state index in [0.717, 1.165) is 0 Å². The fourth-order valence-electron chi connectivity index (χ4n) is 2.09. The van der Waals surface area contributed by atoms with E-state index in [1.807, 2.05) is 6.92 Å². The van der Waals surface area contributed by atoms with E-state index in [0.29, 0.717) is 12.1 Å². The quantitative estimate of drug-likeness (QED) is 0.826. The van der Waals surface area contributed by atoms with E-state index in [-0.39, 0.29) is 11.8 Å². The first kappa shape index (κ1) is 12.5. The molecule has 0 spiro atoms. The maximum atomic E-state index is 12.4. The van der Waals surface area contributed by atoms with E-state index < -0.39 is 11.6 Å². The molecule has 1 saturated heterocycles. The molecule has 1 aliphatic heterocycles. The molecule has 2 heterocycles. The topological polar surface area (TPSA) is 75.2 Å². The average molecular weight is 248 g/mol. The molecule has 2 amide bonds. The summed E-state index contributed by atoms with van der Waals surface area (Å²) in [5, 5.41) is 2.74. The summed E-state index contributed by atoms with van der Waals surface area (Å²) in [5.41, 5.74) is -0.351. The molecule has 1 aliphatic rings. The zero-order valence-corrected chi connectivity index (χ0v) is 10.7. The zero-order valence-electron chi connectivity index (χ0n) is 10.7. The molecule has 0 radical (unpaired) electrons. The van der Waals surface area contributed by atoms with Crippen molar-refractivity contribution in [1.29, 1.82) is 0 Å². The van der Waals surface area contributed by atoms with Crippen molar-refractivity contribution >= 4 is 17.5 Å². The van der Waals surface area contributed by atoms with Crippen LogP contribution in [0.4, 0.5) is 5.69 Å². The summed E-state index contributed by atoms with van der Waals surface area (Å²) in [6.07, 6.45) is 5.02.